The summed E-state index contributed by atoms with van der Waals surface area (Å²) in [5.74, 6) is -0.698. The number of Topliss-reactive ketones (excluding diaryl/α,β-unsaturated/α-hetero) is 1. The first-order chi connectivity index (χ1) is 16.8. The van der Waals surface area contributed by atoms with E-state index in [1.165, 1.54) is 6.92 Å². The molecule has 0 aromatic heterocycles. The molecular formula is C32H52O5. The molecule has 5 aliphatic rings. The predicted octanol–water partition coefficient (Wildman–Crippen LogP) is 6.08. The van der Waals surface area contributed by atoms with E-state index in [9.17, 15) is 19.8 Å². The fourth-order valence-corrected chi connectivity index (χ4v) is 11.5. The summed E-state index contributed by atoms with van der Waals surface area (Å²) in [5.41, 5.74) is -3.01. The lowest BCUT2D eigenvalue weighted by atomic mass is 9.29. The molecule has 0 amide bonds. The van der Waals surface area contributed by atoms with Crippen LogP contribution in [0.25, 0.3) is 0 Å². The lowest BCUT2D eigenvalue weighted by Crippen LogP contribution is -2.80. The average Bonchev–Trinajstić information content (AvgIpc) is 2.78. The van der Waals surface area contributed by atoms with Gasteiger partial charge in [0.15, 0.2) is 5.78 Å². The van der Waals surface area contributed by atoms with E-state index in [2.05, 4.69) is 55.4 Å². The smallest absolute Gasteiger partial charge is 0.302 e. The number of rotatable bonds is 1. The number of aliphatic hydroxyl groups is 2. The Bertz CT molecular complexity index is 1000. The molecule has 37 heavy (non-hydrogen) atoms. The zero-order valence-electron chi connectivity index (χ0n) is 24.9. The number of ether oxygens (including phenoxy) is 1. The van der Waals surface area contributed by atoms with Crippen molar-refractivity contribution in [3.8, 4) is 0 Å². The normalized spacial score (nSPS) is 54.2. The molecule has 0 aliphatic heterocycles. The number of carbonyl (C=O) groups excluding carboxylic acids is 2. The van der Waals surface area contributed by atoms with E-state index in [1.807, 2.05) is 0 Å². The van der Waals surface area contributed by atoms with Crippen LogP contribution in [0.2, 0.25) is 0 Å². The SMILES string of the molecule is CC(=O)O[C@H]1CC[C@]2(C)[C@H]3[C@H](O)C(=O)[C@]4(O)[C@@H]5CC(C)(C)CC[C@]5(C)CC[C@@]4(C)[C@]3(C)CC[C@H]2C1(C)C. The molecule has 0 bridgehead atoms. The van der Waals surface area contributed by atoms with Gasteiger partial charge in [-0.1, -0.05) is 55.4 Å². The van der Waals surface area contributed by atoms with E-state index in [0.717, 1.165) is 57.8 Å². The van der Waals surface area contributed by atoms with Gasteiger partial charge in [-0.25, -0.2) is 0 Å². The first kappa shape index (κ1) is 27.6. The third kappa shape index (κ3) is 3.28. The van der Waals surface area contributed by atoms with E-state index < -0.39 is 17.1 Å². The van der Waals surface area contributed by atoms with Crippen molar-refractivity contribution in [1.82, 2.24) is 0 Å². The summed E-state index contributed by atoms with van der Waals surface area (Å²) in [7, 11) is 0. The fraction of sp³-hybridized carbons (Fsp3) is 0.938. The minimum absolute atomic E-state index is 0.0733. The predicted molar refractivity (Wildman–Crippen MR) is 144 cm³/mol. The highest BCUT2D eigenvalue weighted by Gasteiger charge is 2.79. The molecule has 2 N–H and O–H groups in total. The van der Waals surface area contributed by atoms with Gasteiger partial charge in [-0.2, -0.15) is 0 Å². The molecular weight excluding hydrogens is 464 g/mol. The summed E-state index contributed by atoms with van der Waals surface area (Å²) in [6.45, 7) is 19.5. The molecule has 5 nitrogen and oxygen atoms in total. The maximum Gasteiger partial charge on any atom is 0.302 e. The fourth-order valence-electron chi connectivity index (χ4n) is 11.5. The van der Waals surface area contributed by atoms with Crippen molar-refractivity contribution in [3.63, 3.8) is 0 Å². The molecule has 5 heteroatoms. The molecule has 5 rings (SSSR count). The first-order valence-corrected chi connectivity index (χ1v) is 14.9. The van der Waals surface area contributed by atoms with Crippen LogP contribution < -0.4 is 0 Å². The molecule has 5 aliphatic carbocycles. The van der Waals surface area contributed by atoms with Crippen LogP contribution in [0.3, 0.4) is 0 Å². The van der Waals surface area contributed by atoms with Crippen LogP contribution in [0.4, 0.5) is 0 Å². The number of hydrogen-bond donors (Lipinski definition) is 2. The van der Waals surface area contributed by atoms with Crippen LogP contribution in [0.15, 0.2) is 0 Å². The summed E-state index contributed by atoms with van der Waals surface area (Å²) in [6, 6.07) is 0. The second-order valence-electron chi connectivity index (χ2n) is 16.4. The molecule has 5 fully saturated rings. The van der Waals surface area contributed by atoms with Gasteiger partial charge in [0.05, 0.1) is 0 Å². The van der Waals surface area contributed by atoms with Crippen molar-refractivity contribution in [1.29, 1.82) is 0 Å². The van der Waals surface area contributed by atoms with Gasteiger partial charge in [-0.3, -0.25) is 9.59 Å². The van der Waals surface area contributed by atoms with E-state index >= 15 is 0 Å². The Morgan fingerprint density at radius 1 is 0.865 bits per heavy atom. The Labute approximate surface area is 224 Å². The van der Waals surface area contributed by atoms with Crippen LogP contribution in [0.5, 0.6) is 0 Å². The molecule has 0 aromatic carbocycles. The van der Waals surface area contributed by atoms with E-state index in [1.54, 1.807) is 0 Å². The Kier molecular flexibility index (Phi) is 5.85. The van der Waals surface area contributed by atoms with Crippen molar-refractivity contribution in [3.05, 3.63) is 0 Å². The third-order valence-corrected chi connectivity index (χ3v) is 13.9. The molecule has 210 valence electrons. The van der Waals surface area contributed by atoms with Crippen LogP contribution >= 0.6 is 0 Å². The highest BCUT2D eigenvalue weighted by molar-refractivity contribution is 5.94. The van der Waals surface area contributed by atoms with Gasteiger partial charge in [0, 0.05) is 29.6 Å². The van der Waals surface area contributed by atoms with E-state index in [0.29, 0.717) is 0 Å². The summed E-state index contributed by atoms with van der Waals surface area (Å²) in [5, 5.41) is 24.9. The van der Waals surface area contributed by atoms with Gasteiger partial charge in [-0.05, 0) is 85.4 Å². The Balaban J connectivity index is 1.61. The topological polar surface area (TPSA) is 83.8 Å². The third-order valence-electron chi connectivity index (χ3n) is 13.9. The van der Waals surface area contributed by atoms with Crippen molar-refractivity contribution in [2.24, 2.45) is 50.2 Å². The van der Waals surface area contributed by atoms with Crippen molar-refractivity contribution in [2.45, 2.75) is 138 Å². The molecule has 0 heterocycles. The molecule has 0 unspecified atom stereocenters. The first-order valence-electron chi connectivity index (χ1n) is 14.9. The monoisotopic (exact) mass is 516 g/mol. The molecule has 0 aromatic rings. The lowest BCUT2D eigenvalue weighted by Gasteiger charge is -2.75. The van der Waals surface area contributed by atoms with Gasteiger partial charge in [0.1, 0.15) is 17.8 Å². The van der Waals surface area contributed by atoms with Crippen molar-refractivity contribution >= 4 is 11.8 Å². The number of ketones is 1. The second-order valence-corrected chi connectivity index (χ2v) is 16.4. The zero-order chi connectivity index (χ0) is 27.6. The van der Waals surface area contributed by atoms with Gasteiger partial charge in [-0.15, -0.1) is 0 Å². The van der Waals surface area contributed by atoms with Crippen LogP contribution in [0, 0.1) is 50.2 Å². The highest BCUT2D eigenvalue weighted by atomic mass is 16.5. The van der Waals surface area contributed by atoms with Gasteiger partial charge < -0.3 is 14.9 Å². The minimum Gasteiger partial charge on any atom is -0.462 e. The summed E-state index contributed by atoms with van der Waals surface area (Å²) in [4.78, 5) is 26.4. The second kappa shape index (κ2) is 7.83. The summed E-state index contributed by atoms with van der Waals surface area (Å²) >= 11 is 0. The summed E-state index contributed by atoms with van der Waals surface area (Å²) in [6.07, 6.45) is 6.85. The number of fused-ring (bicyclic) bond motifs is 7. The molecule has 5 saturated carbocycles. The lowest BCUT2D eigenvalue weighted by molar-refractivity contribution is -0.310. The Morgan fingerprint density at radius 3 is 2.11 bits per heavy atom. The number of esters is 1. The van der Waals surface area contributed by atoms with E-state index in [4.69, 9.17) is 4.74 Å². The van der Waals surface area contributed by atoms with Crippen molar-refractivity contribution < 1.29 is 24.5 Å². The van der Waals surface area contributed by atoms with Gasteiger partial charge in [0.25, 0.3) is 0 Å². The highest BCUT2D eigenvalue weighted by Crippen LogP contribution is 2.77. The summed E-state index contributed by atoms with van der Waals surface area (Å²) < 4.78 is 5.81. The van der Waals surface area contributed by atoms with E-state index in [-0.39, 0.29) is 62.7 Å². The van der Waals surface area contributed by atoms with Crippen LogP contribution in [0.1, 0.15) is 120 Å². The molecule has 10 atom stereocenters. The number of carbonyl (C=O) groups is 2. The maximum absolute atomic E-state index is 14.5. The molecule has 0 saturated heterocycles. The zero-order valence-corrected chi connectivity index (χ0v) is 24.9. The largest absolute Gasteiger partial charge is 0.462 e. The molecule has 0 radical (unpaired) electrons. The average molecular weight is 517 g/mol. The quantitative estimate of drug-likeness (QED) is 0.412. The Hall–Kier alpha value is -0.940. The number of aliphatic hydroxyl groups excluding tert-OH is 1. The maximum atomic E-state index is 14.5. The standard InChI is InChI=1S/C32H52O5/c1-19(33)37-22-11-12-29(7)20(27(22,4)5)10-13-30(8)24(29)23(34)25(35)32(36)21-18-26(2,3)14-15-28(21,6)16-17-31(30,32)9/h20-24,34,36H,10-18H2,1-9H3/t20-,21+,22-,23-,24+,28+,29-,30+,31-,32+/m0/s1. The minimum atomic E-state index is -1.52. The van der Waals surface area contributed by atoms with Gasteiger partial charge >= 0.3 is 5.97 Å². The Morgan fingerprint density at radius 2 is 1.49 bits per heavy atom. The molecule has 0 spiro atoms. The van der Waals surface area contributed by atoms with Crippen molar-refractivity contribution in [2.75, 3.05) is 0 Å². The number of hydrogen-bond acceptors (Lipinski definition) is 5. The van der Waals surface area contributed by atoms with Crippen LogP contribution in [-0.4, -0.2) is 39.8 Å². The van der Waals surface area contributed by atoms with Gasteiger partial charge in [0.2, 0.25) is 0 Å². The van der Waals surface area contributed by atoms with Crippen LogP contribution in [-0.2, 0) is 14.3 Å².